The second-order valence-corrected chi connectivity index (χ2v) is 6.26. The molecule has 0 atom stereocenters. The van der Waals surface area contributed by atoms with Crippen LogP contribution in [0.4, 0.5) is 0 Å². The standard InChI is InChI=1S/C16H13N3O2S/c1-3-14-17-11-8-10(5-6-12(11)20-14)15-18-16(21-19-15)13-7-4-9(2)22-13/h4-8H,3H2,1-2H3. The molecule has 3 aromatic heterocycles. The monoisotopic (exact) mass is 311 g/mol. The van der Waals surface area contributed by atoms with Crippen LogP contribution in [-0.4, -0.2) is 15.1 Å². The first-order valence-corrected chi connectivity index (χ1v) is 7.85. The molecule has 3 heterocycles. The molecule has 1 aromatic carbocycles. The predicted molar refractivity (Wildman–Crippen MR) is 84.7 cm³/mol. The van der Waals surface area contributed by atoms with Gasteiger partial charge < -0.3 is 8.94 Å². The summed E-state index contributed by atoms with van der Waals surface area (Å²) in [5.41, 5.74) is 2.46. The number of oxazole rings is 1. The second kappa shape index (κ2) is 5.06. The first-order chi connectivity index (χ1) is 10.7. The predicted octanol–water partition coefficient (Wildman–Crippen LogP) is 4.48. The molecule has 4 rings (SSSR count). The van der Waals surface area contributed by atoms with Crippen LogP contribution < -0.4 is 0 Å². The van der Waals surface area contributed by atoms with Crippen LogP contribution in [0, 0.1) is 6.92 Å². The van der Waals surface area contributed by atoms with Crippen LogP contribution in [-0.2, 0) is 6.42 Å². The summed E-state index contributed by atoms with van der Waals surface area (Å²) in [6.45, 7) is 4.06. The lowest BCUT2D eigenvalue weighted by Crippen LogP contribution is -1.81. The van der Waals surface area contributed by atoms with Crippen LogP contribution in [0.25, 0.3) is 33.3 Å². The summed E-state index contributed by atoms with van der Waals surface area (Å²) in [4.78, 5) is 11.1. The Kier molecular flexibility index (Phi) is 3.04. The second-order valence-electron chi connectivity index (χ2n) is 4.98. The average Bonchev–Trinajstić information content (AvgIpc) is 3.24. The van der Waals surface area contributed by atoms with Gasteiger partial charge in [0.05, 0.1) is 4.88 Å². The maximum Gasteiger partial charge on any atom is 0.268 e. The van der Waals surface area contributed by atoms with Gasteiger partial charge in [0.2, 0.25) is 5.82 Å². The molecular formula is C16H13N3O2S. The molecule has 22 heavy (non-hydrogen) atoms. The van der Waals surface area contributed by atoms with Crippen molar-refractivity contribution in [3.05, 3.63) is 41.1 Å². The summed E-state index contributed by atoms with van der Waals surface area (Å²) in [7, 11) is 0. The third-order valence-electron chi connectivity index (χ3n) is 3.37. The fourth-order valence-corrected chi connectivity index (χ4v) is 3.05. The van der Waals surface area contributed by atoms with E-state index in [1.54, 1.807) is 11.3 Å². The topological polar surface area (TPSA) is 65.0 Å². The minimum atomic E-state index is 0.544. The Balaban J connectivity index is 1.73. The molecular weight excluding hydrogens is 298 g/mol. The summed E-state index contributed by atoms with van der Waals surface area (Å²) in [5.74, 6) is 1.83. The Morgan fingerprint density at radius 3 is 2.82 bits per heavy atom. The zero-order chi connectivity index (χ0) is 15.1. The molecule has 0 radical (unpaired) electrons. The van der Waals surface area contributed by atoms with Gasteiger partial charge in [-0.1, -0.05) is 12.1 Å². The molecule has 0 aliphatic carbocycles. The molecule has 0 N–H and O–H groups in total. The minimum Gasteiger partial charge on any atom is -0.441 e. The molecule has 0 saturated heterocycles. The lowest BCUT2D eigenvalue weighted by atomic mass is 10.2. The van der Waals surface area contributed by atoms with E-state index >= 15 is 0 Å². The highest BCUT2D eigenvalue weighted by Crippen LogP contribution is 2.29. The normalized spacial score (nSPS) is 11.4. The summed E-state index contributed by atoms with van der Waals surface area (Å²) >= 11 is 1.63. The Morgan fingerprint density at radius 1 is 1.14 bits per heavy atom. The summed E-state index contributed by atoms with van der Waals surface area (Å²) in [6, 6.07) is 9.76. The fourth-order valence-electron chi connectivity index (χ4n) is 2.26. The van der Waals surface area contributed by atoms with Gasteiger partial charge in [-0.15, -0.1) is 11.3 Å². The van der Waals surface area contributed by atoms with Gasteiger partial charge >= 0.3 is 0 Å². The number of aromatic nitrogens is 3. The van der Waals surface area contributed by atoms with Gasteiger partial charge in [0.1, 0.15) is 5.52 Å². The third-order valence-corrected chi connectivity index (χ3v) is 4.36. The van der Waals surface area contributed by atoms with Crippen molar-refractivity contribution in [1.29, 1.82) is 0 Å². The lowest BCUT2D eigenvalue weighted by molar-refractivity contribution is 0.433. The molecule has 0 bridgehead atoms. The van der Waals surface area contributed by atoms with Crippen molar-refractivity contribution < 1.29 is 8.94 Å². The highest BCUT2D eigenvalue weighted by atomic mass is 32.1. The zero-order valence-corrected chi connectivity index (χ0v) is 13.0. The summed E-state index contributed by atoms with van der Waals surface area (Å²) < 4.78 is 11.0. The summed E-state index contributed by atoms with van der Waals surface area (Å²) in [6.07, 6.45) is 0.772. The van der Waals surface area contributed by atoms with E-state index in [-0.39, 0.29) is 0 Å². The number of hydrogen-bond donors (Lipinski definition) is 0. The molecule has 0 saturated carbocycles. The van der Waals surface area contributed by atoms with Crippen molar-refractivity contribution >= 4 is 22.4 Å². The van der Waals surface area contributed by atoms with E-state index in [0.717, 1.165) is 33.9 Å². The smallest absolute Gasteiger partial charge is 0.268 e. The van der Waals surface area contributed by atoms with E-state index in [1.807, 2.05) is 37.3 Å². The molecule has 110 valence electrons. The van der Waals surface area contributed by atoms with Crippen LogP contribution in [0.1, 0.15) is 17.7 Å². The number of aryl methyl sites for hydroxylation is 2. The van der Waals surface area contributed by atoms with Crippen molar-refractivity contribution in [1.82, 2.24) is 15.1 Å². The third kappa shape index (κ3) is 2.21. The minimum absolute atomic E-state index is 0.544. The molecule has 0 spiro atoms. The first kappa shape index (κ1) is 13.2. The van der Waals surface area contributed by atoms with Gasteiger partial charge in [-0.25, -0.2) is 4.98 Å². The Labute approximate surface area is 130 Å². The molecule has 4 aromatic rings. The Morgan fingerprint density at radius 2 is 2.05 bits per heavy atom. The Hall–Kier alpha value is -2.47. The van der Waals surface area contributed by atoms with Crippen molar-refractivity contribution in [2.75, 3.05) is 0 Å². The van der Waals surface area contributed by atoms with Gasteiger partial charge in [-0.05, 0) is 37.3 Å². The average molecular weight is 311 g/mol. The van der Waals surface area contributed by atoms with Crippen molar-refractivity contribution in [2.24, 2.45) is 0 Å². The van der Waals surface area contributed by atoms with Crippen LogP contribution in [0.5, 0.6) is 0 Å². The fraction of sp³-hybridized carbons (Fsp3) is 0.188. The molecule has 5 nitrogen and oxygen atoms in total. The number of rotatable bonds is 3. The van der Waals surface area contributed by atoms with E-state index in [1.165, 1.54) is 4.88 Å². The maximum atomic E-state index is 5.61. The zero-order valence-electron chi connectivity index (χ0n) is 12.2. The number of hydrogen-bond acceptors (Lipinski definition) is 6. The van der Waals surface area contributed by atoms with E-state index < -0.39 is 0 Å². The van der Waals surface area contributed by atoms with Crippen LogP contribution in [0.2, 0.25) is 0 Å². The maximum absolute atomic E-state index is 5.61. The van der Waals surface area contributed by atoms with Crippen molar-refractivity contribution in [2.45, 2.75) is 20.3 Å². The van der Waals surface area contributed by atoms with E-state index in [9.17, 15) is 0 Å². The van der Waals surface area contributed by atoms with Crippen LogP contribution >= 0.6 is 11.3 Å². The summed E-state index contributed by atoms with van der Waals surface area (Å²) in [5, 5.41) is 4.07. The molecule has 0 aliphatic heterocycles. The van der Waals surface area contributed by atoms with Crippen LogP contribution in [0.15, 0.2) is 39.3 Å². The van der Waals surface area contributed by atoms with Gasteiger partial charge in [0.15, 0.2) is 11.5 Å². The molecule has 6 heteroatoms. The van der Waals surface area contributed by atoms with Gasteiger partial charge in [0, 0.05) is 16.9 Å². The van der Waals surface area contributed by atoms with Crippen LogP contribution in [0.3, 0.4) is 0 Å². The quantitative estimate of drug-likeness (QED) is 0.558. The number of fused-ring (bicyclic) bond motifs is 1. The van der Waals surface area contributed by atoms with E-state index in [2.05, 4.69) is 22.0 Å². The highest BCUT2D eigenvalue weighted by molar-refractivity contribution is 7.15. The number of benzene rings is 1. The molecule has 0 amide bonds. The van der Waals surface area contributed by atoms with Crippen molar-refractivity contribution in [3.8, 4) is 22.2 Å². The molecule has 0 unspecified atom stereocenters. The number of nitrogens with zero attached hydrogens (tertiary/aromatic N) is 3. The van der Waals surface area contributed by atoms with Gasteiger partial charge in [-0.3, -0.25) is 0 Å². The lowest BCUT2D eigenvalue weighted by Gasteiger charge is -1.92. The SMILES string of the molecule is CCc1nc2cc(-c3noc(-c4ccc(C)s4)n3)ccc2o1. The first-order valence-electron chi connectivity index (χ1n) is 7.03. The van der Waals surface area contributed by atoms with Crippen molar-refractivity contribution in [3.63, 3.8) is 0 Å². The highest BCUT2D eigenvalue weighted by Gasteiger charge is 2.13. The molecule has 0 fully saturated rings. The Bertz CT molecular complexity index is 951. The van der Waals surface area contributed by atoms with Gasteiger partial charge in [0.25, 0.3) is 5.89 Å². The largest absolute Gasteiger partial charge is 0.441 e. The number of thiophene rings is 1. The van der Waals surface area contributed by atoms with Gasteiger partial charge in [-0.2, -0.15) is 4.98 Å². The molecule has 0 aliphatic rings. The van der Waals surface area contributed by atoms with E-state index in [4.69, 9.17) is 8.94 Å². The van der Waals surface area contributed by atoms with E-state index in [0.29, 0.717) is 11.7 Å².